The lowest BCUT2D eigenvalue weighted by Gasteiger charge is -2.20. The van der Waals surface area contributed by atoms with Gasteiger partial charge >= 0.3 is 0 Å². The van der Waals surface area contributed by atoms with E-state index >= 15 is 0 Å². The van der Waals surface area contributed by atoms with Crippen molar-refractivity contribution in [1.82, 2.24) is 0 Å². The van der Waals surface area contributed by atoms with Crippen LogP contribution in [-0.4, -0.2) is 29.5 Å². The Balaban J connectivity index is 2.08. The Morgan fingerprint density at radius 3 is 2.88 bits per heavy atom. The Labute approximate surface area is 95.7 Å². The van der Waals surface area contributed by atoms with Gasteiger partial charge in [0, 0.05) is 0 Å². The first-order valence-electron chi connectivity index (χ1n) is 5.83. The molecule has 16 heavy (non-hydrogen) atoms. The molecule has 1 aliphatic rings. The van der Waals surface area contributed by atoms with Gasteiger partial charge in [-0.25, -0.2) is 0 Å². The van der Waals surface area contributed by atoms with Crippen LogP contribution >= 0.6 is 0 Å². The van der Waals surface area contributed by atoms with E-state index in [1.54, 1.807) is 0 Å². The van der Waals surface area contributed by atoms with E-state index < -0.39 is 6.10 Å². The van der Waals surface area contributed by atoms with Crippen LogP contribution in [0.4, 0.5) is 0 Å². The van der Waals surface area contributed by atoms with E-state index in [9.17, 15) is 5.11 Å². The first kappa shape index (κ1) is 11.4. The van der Waals surface area contributed by atoms with Crippen LogP contribution in [0.1, 0.15) is 24.0 Å². The van der Waals surface area contributed by atoms with E-state index in [0.717, 1.165) is 18.6 Å². The number of benzene rings is 1. The summed E-state index contributed by atoms with van der Waals surface area (Å²) in [5.74, 6) is 0.865. The average Bonchev–Trinajstić information content (AvgIpc) is 2.35. The number of aliphatic hydroxyl groups excluding tert-OH is 2. The minimum absolute atomic E-state index is 0.160. The first-order valence-corrected chi connectivity index (χ1v) is 5.83. The second-order valence-corrected chi connectivity index (χ2v) is 4.25. The third-order valence-electron chi connectivity index (χ3n) is 2.99. The predicted octanol–water partition coefficient (Wildman–Crippen LogP) is 1.30. The molecule has 3 nitrogen and oxygen atoms in total. The van der Waals surface area contributed by atoms with Gasteiger partial charge in [0.2, 0.25) is 0 Å². The Bertz CT molecular complexity index is 349. The molecule has 1 atom stereocenters. The lowest BCUT2D eigenvalue weighted by molar-refractivity contribution is 0.0532. The molecule has 0 aromatic heterocycles. The van der Waals surface area contributed by atoms with Gasteiger partial charge in [0.1, 0.15) is 18.5 Å². The zero-order valence-electron chi connectivity index (χ0n) is 9.35. The topological polar surface area (TPSA) is 49.7 Å². The highest BCUT2D eigenvalue weighted by atomic mass is 16.5. The summed E-state index contributed by atoms with van der Waals surface area (Å²) in [6, 6.07) is 6.07. The standard InChI is InChI=1S/C13H18O3/c14-8-11(15)9-16-13-7-3-5-10-4-1-2-6-12(10)13/h3,5,7,11,14-15H,1-2,4,6,8-9H2. The van der Waals surface area contributed by atoms with Crippen molar-refractivity contribution in [1.29, 1.82) is 0 Å². The van der Waals surface area contributed by atoms with Gasteiger partial charge in [0.05, 0.1) is 6.61 Å². The fourth-order valence-corrected chi connectivity index (χ4v) is 2.12. The van der Waals surface area contributed by atoms with Crippen LogP contribution in [0.5, 0.6) is 5.75 Å². The quantitative estimate of drug-likeness (QED) is 0.807. The van der Waals surface area contributed by atoms with Gasteiger partial charge in [0.15, 0.2) is 0 Å². The van der Waals surface area contributed by atoms with Gasteiger partial charge in [-0.15, -0.1) is 0 Å². The molecule has 3 heteroatoms. The fourth-order valence-electron chi connectivity index (χ4n) is 2.12. The van der Waals surface area contributed by atoms with Crippen LogP contribution in [0.25, 0.3) is 0 Å². The zero-order chi connectivity index (χ0) is 11.4. The Hall–Kier alpha value is -1.06. The van der Waals surface area contributed by atoms with E-state index in [1.165, 1.54) is 24.0 Å². The molecule has 1 unspecified atom stereocenters. The molecular formula is C13H18O3. The van der Waals surface area contributed by atoms with Gasteiger partial charge in [-0.1, -0.05) is 12.1 Å². The van der Waals surface area contributed by atoms with Crippen molar-refractivity contribution in [2.24, 2.45) is 0 Å². The Morgan fingerprint density at radius 2 is 2.06 bits per heavy atom. The minimum Gasteiger partial charge on any atom is -0.491 e. The molecule has 0 saturated heterocycles. The van der Waals surface area contributed by atoms with E-state index in [-0.39, 0.29) is 13.2 Å². The summed E-state index contributed by atoms with van der Waals surface area (Å²) >= 11 is 0. The van der Waals surface area contributed by atoms with E-state index in [0.29, 0.717) is 0 Å². The maximum atomic E-state index is 9.25. The minimum atomic E-state index is -0.792. The number of rotatable bonds is 4. The normalized spacial score (nSPS) is 16.6. The SMILES string of the molecule is OCC(O)COc1cccc2c1CCCC2. The van der Waals surface area contributed by atoms with E-state index in [2.05, 4.69) is 6.07 Å². The molecule has 0 bridgehead atoms. The van der Waals surface area contributed by atoms with Gasteiger partial charge in [-0.05, 0) is 42.9 Å². The number of hydrogen-bond acceptors (Lipinski definition) is 3. The maximum Gasteiger partial charge on any atom is 0.122 e. The smallest absolute Gasteiger partial charge is 0.122 e. The molecule has 88 valence electrons. The van der Waals surface area contributed by atoms with Gasteiger partial charge in [-0.3, -0.25) is 0 Å². The van der Waals surface area contributed by atoms with Crippen LogP contribution in [-0.2, 0) is 12.8 Å². The first-order chi connectivity index (χ1) is 7.81. The van der Waals surface area contributed by atoms with Crippen molar-refractivity contribution < 1.29 is 14.9 Å². The summed E-state index contributed by atoms with van der Waals surface area (Å²) in [6.45, 7) is -0.0953. The molecule has 0 amide bonds. The van der Waals surface area contributed by atoms with E-state index in [1.807, 2.05) is 12.1 Å². The van der Waals surface area contributed by atoms with Crippen LogP contribution in [0.3, 0.4) is 0 Å². The van der Waals surface area contributed by atoms with Crippen LogP contribution in [0.2, 0.25) is 0 Å². The second kappa shape index (κ2) is 5.32. The predicted molar refractivity (Wildman–Crippen MR) is 61.7 cm³/mol. The summed E-state index contributed by atoms with van der Waals surface area (Å²) < 4.78 is 5.55. The zero-order valence-corrected chi connectivity index (χ0v) is 9.35. The third-order valence-corrected chi connectivity index (χ3v) is 2.99. The molecule has 0 radical (unpaired) electrons. The molecule has 2 N–H and O–H groups in total. The van der Waals surface area contributed by atoms with Crippen molar-refractivity contribution in [2.45, 2.75) is 31.8 Å². The van der Waals surface area contributed by atoms with Crippen LogP contribution in [0.15, 0.2) is 18.2 Å². The number of ether oxygens (including phenoxy) is 1. The van der Waals surface area contributed by atoms with Crippen molar-refractivity contribution in [3.8, 4) is 5.75 Å². The highest BCUT2D eigenvalue weighted by molar-refractivity contribution is 5.41. The summed E-state index contributed by atoms with van der Waals surface area (Å²) in [4.78, 5) is 0. The summed E-state index contributed by atoms with van der Waals surface area (Å²) in [6.07, 6.45) is 3.83. The summed E-state index contributed by atoms with van der Waals surface area (Å²) in [7, 11) is 0. The summed E-state index contributed by atoms with van der Waals surface area (Å²) in [5.41, 5.74) is 2.64. The van der Waals surface area contributed by atoms with Gasteiger partial charge < -0.3 is 14.9 Å². The molecule has 0 saturated carbocycles. The lowest BCUT2D eigenvalue weighted by atomic mass is 9.91. The Kier molecular flexibility index (Phi) is 3.80. The third kappa shape index (κ3) is 2.54. The molecule has 0 fully saturated rings. The highest BCUT2D eigenvalue weighted by Gasteiger charge is 2.14. The molecule has 1 aliphatic carbocycles. The Morgan fingerprint density at radius 1 is 1.25 bits per heavy atom. The molecule has 0 spiro atoms. The number of aliphatic hydroxyl groups is 2. The largest absolute Gasteiger partial charge is 0.491 e. The molecule has 0 heterocycles. The highest BCUT2D eigenvalue weighted by Crippen LogP contribution is 2.29. The second-order valence-electron chi connectivity index (χ2n) is 4.25. The fraction of sp³-hybridized carbons (Fsp3) is 0.538. The maximum absolute atomic E-state index is 9.25. The lowest BCUT2D eigenvalue weighted by Crippen LogP contribution is -2.22. The molecule has 1 aromatic carbocycles. The van der Waals surface area contributed by atoms with Crippen molar-refractivity contribution in [3.05, 3.63) is 29.3 Å². The van der Waals surface area contributed by atoms with Crippen molar-refractivity contribution in [3.63, 3.8) is 0 Å². The number of aryl methyl sites for hydroxylation is 1. The number of hydrogen-bond donors (Lipinski definition) is 2. The molecule has 2 rings (SSSR count). The van der Waals surface area contributed by atoms with Gasteiger partial charge in [0.25, 0.3) is 0 Å². The molecule has 1 aromatic rings. The molecule has 0 aliphatic heterocycles. The molecular weight excluding hydrogens is 204 g/mol. The monoisotopic (exact) mass is 222 g/mol. The van der Waals surface area contributed by atoms with Crippen molar-refractivity contribution in [2.75, 3.05) is 13.2 Å². The van der Waals surface area contributed by atoms with Crippen molar-refractivity contribution >= 4 is 0 Å². The van der Waals surface area contributed by atoms with Crippen LogP contribution < -0.4 is 4.74 Å². The van der Waals surface area contributed by atoms with Crippen LogP contribution in [0, 0.1) is 0 Å². The van der Waals surface area contributed by atoms with Gasteiger partial charge in [-0.2, -0.15) is 0 Å². The number of fused-ring (bicyclic) bond motifs is 1. The van der Waals surface area contributed by atoms with E-state index in [4.69, 9.17) is 9.84 Å². The summed E-state index contributed by atoms with van der Waals surface area (Å²) in [5, 5.41) is 18.0. The average molecular weight is 222 g/mol.